The number of carbonyl (C=O) groups excluding carboxylic acids is 4. The summed E-state index contributed by atoms with van der Waals surface area (Å²) >= 11 is 12.6. The van der Waals surface area contributed by atoms with Gasteiger partial charge in [0.15, 0.2) is 18.1 Å². The number of nitrogens with one attached hydrogen (secondary N) is 2. The summed E-state index contributed by atoms with van der Waals surface area (Å²) in [5.74, 6) is -1.42. The highest BCUT2D eigenvalue weighted by Gasteiger charge is 2.37. The van der Waals surface area contributed by atoms with Crippen molar-refractivity contribution < 1.29 is 33.4 Å². The number of nitrogens with zero attached hydrogens (tertiary/aromatic N) is 1. The molecule has 4 aromatic carbocycles. The maximum Gasteiger partial charge on any atom is 0.335 e. The molecule has 0 unspecified atom stereocenters. The van der Waals surface area contributed by atoms with Crippen LogP contribution >= 0.6 is 23.2 Å². The van der Waals surface area contributed by atoms with Gasteiger partial charge in [-0.3, -0.25) is 19.7 Å². The highest BCUT2D eigenvalue weighted by atomic mass is 35.5. The monoisotopic (exact) mass is 659 g/mol. The van der Waals surface area contributed by atoms with E-state index < -0.39 is 30.4 Å². The summed E-state index contributed by atoms with van der Waals surface area (Å²) in [5, 5.41) is 5.44. The third-order valence-electron chi connectivity index (χ3n) is 6.81. The number of hydrogen-bond acceptors (Lipinski definition) is 7. The first-order valence-electron chi connectivity index (χ1n) is 13.9. The number of methoxy groups -OCH3 is 1. The quantitative estimate of drug-likeness (QED) is 0.146. The molecule has 1 saturated heterocycles. The van der Waals surface area contributed by atoms with Crippen molar-refractivity contribution in [2.24, 2.45) is 0 Å². The van der Waals surface area contributed by atoms with Gasteiger partial charge in [0.1, 0.15) is 17.9 Å². The van der Waals surface area contributed by atoms with E-state index in [0.717, 1.165) is 16.0 Å². The Morgan fingerprint density at radius 1 is 0.913 bits per heavy atom. The van der Waals surface area contributed by atoms with Crippen molar-refractivity contribution in [2.75, 3.05) is 23.9 Å². The Bertz CT molecular complexity index is 1840. The van der Waals surface area contributed by atoms with Gasteiger partial charge in [0, 0.05) is 10.7 Å². The number of aryl methyl sites for hydroxylation is 1. The normalized spacial score (nSPS) is 13.8. The van der Waals surface area contributed by atoms with E-state index in [1.807, 2.05) is 37.3 Å². The number of ether oxygens (including phenoxy) is 3. The molecular formula is C34H27Cl2N3O7. The molecule has 0 aliphatic carbocycles. The maximum atomic E-state index is 13.4. The number of amides is 5. The summed E-state index contributed by atoms with van der Waals surface area (Å²) in [5.41, 5.74) is 2.58. The van der Waals surface area contributed by atoms with Crippen molar-refractivity contribution in [1.82, 2.24) is 5.32 Å². The summed E-state index contributed by atoms with van der Waals surface area (Å²) in [6.07, 6.45) is 1.28. The number of urea groups is 1. The van der Waals surface area contributed by atoms with Crippen LogP contribution in [0.3, 0.4) is 0 Å². The smallest absolute Gasteiger partial charge is 0.335 e. The third-order valence-corrected chi connectivity index (χ3v) is 7.50. The van der Waals surface area contributed by atoms with Crippen LogP contribution in [0.5, 0.6) is 17.2 Å². The Morgan fingerprint density at radius 3 is 2.35 bits per heavy atom. The summed E-state index contributed by atoms with van der Waals surface area (Å²) in [6.45, 7) is 1.80. The van der Waals surface area contributed by atoms with Gasteiger partial charge in [-0.15, -0.1) is 0 Å². The third kappa shape index (κ3) is 7.48. The number of barbiturate groups is 1. The lowest BCUT2D eigenvalue weighted by atomic mass is 10.1. The van der Waals surface area contributed by atoms with Crippen molar-refractivity contribution >= 4 is 64.4 Å². The molecule has 234 valence electrons. The number of benzene rings is 4. The molecule has 0 atom stereocenters. The molecular weight excluding hydrogens is 633 g/mol. The number of imide groups is 2. The molecule has 4 aromatic rings. The average molecular weight is 661 g/mol. The highest BCUT2D eigenvalue weighted by Crippen LogP contribution is 2.37. The average Bonchev–Trinajstić information content (AvgIpc) is 3.04. The zero-order chi connectivity index (χ0) is 32.8. The van der Waals surface area contributed by atoms with Crippen molar-refractivity contribution in [1.29, 1.82) is 0 Å². The molecule has 1 fully saturated rings. The topological polar surface area (TPSA) is 123 Å². The second-order valence-electron chi connectivity index (χ2n) is 10.1. The SMILES string of the molecule is COc1cc(/C=C2/C(=O)NC(=O)N(c3ccc(OCc4ccccc4)cc3)C2=O)cc(Cl)c1OCC(=O)Nc1ccc(C)c(Cl)c1. The first kappa shape index (κ1) is 32.1. The number of carbonyl (C=O) groups is 4. The van der Waals surface area contributed by atoms with Crippen molar-refractivity contribution in [2.45, 2.75) is 13.5 Å². The predicted octanol–water partition coefficient (Wildman–Crippen LogP) is 6.57. The van der Waals surface area contributed by atoms with Crippen LogP contribution in [0.2, 0.25) is 10.0 Å². The Labute approximate surface area is 274 Å². The Balaban J connectivity index is 1.30. The fourth-order valence-electron chi connectivity index (χ4n) is 4.46. The van der Waals surface area contributed by atoms with Crippen molar-refractivity contribution in [3.05, 3.63) is 117 Å². The Morgan fingerprint density at radius 2 is 1.65 bits per heavy atom. The van der Waals surface area contributed by atoms with E-state index in [1.165, 1.54) is 25.3 Å². The molecule has 1 aliphatic heterocycles. The molecule has 1 heterocycles. The van der Waals surface area contributed by atoms with Gasteiger partial charge in [0.2, 0.25) is 0 Å². The van der Waals surface area contributed by atoms with Crippen LogP contribution in [-0.2, 0) is 21.0 Å². The molecule has 12 heteroatoms. The zero-order valence-electron chi connectivity index (χ0n) is 24.6. The fourth-order valence-corrected chi connectivity index (χ4v) is 4.91. The van der Waals surface area contributed by atoms with E-state index in [9.17, 15) is 19.2 Å². The van der Waals surface area contributed by atoms with E-state index in [0.29, 0.717) is 28.6 Å². The first-order chi connectivity index (χ1) is 22.1. The van der Waals surface area contributed by atoms with Gasteiger partial charge in [0.25, 0.3) is 17.7 Å². The molecule has 0 spiro atoms. The van der Waals surface area contributed by atoms with E-state index in [2.05, 4.69) is 10.6 Å². The Hall–Kier alpha value is -5.32. The van der Waals surface area contributed by atoms with Crippen molar-refractivity contribution in [3.8, 4) is 17.2 Å². The number of anilines is 2. The van der Waals surface area contributed by atoms with Crippen molar-refractivity contribution in [3.63, 3.8) is 0 Å². The molecule has 5 rings (SSSR count). The van der Waals surface area contributed by atoms with Crippen LogP contribution in [0.4, 0.5) is 16.2 Å². The van der Waals surface area contributed by atoms with Crippen LogP contribution in [-0.4, -0.2) is 37.5 Å². The summed E-state index contributed by atoms with van der Waals surface area (Å²) in [6, 6.07) is 23.1. The van der Waals surface area contributed by atoms with Crippen LogP contribution in [0.1, 0.15) is 16.7 Å². The molecule has 0 radical (unpaired) electrons. The van der Waals surface area contributed by atoms with Gasteiger partial charge < -0.3 is 19.5 Å². The second kappa shape index (κ2) is 14.2. The minimum absolute atomic E-state index is 0.0556. The van der Waals surface area contributed by atoms with Gasteiger partial charge in [-0.2, -0.15) is 0 Å². The van der Waals surface area contributed by atoms with E-state index in [-0.39, 0.29) is 27.8 Å². The molecule has 46 heavy (non-hydrogen) atoms. The lowest BCUT2D eigenvalue weighted by molar-refractivity contribution is -0.122. The predicted molar refractivity (Wildman–Crippen MR) is 175 cm³/mol. The fraction of sp³-hybridized carbons (Fsp3) is 0.118. The Kier molecular flexibility index (Phi) is 9.90. The summed E-state index contributed by atoms with van der Waals surface area (Å²) in [4.78, 5) is 52.2. The van der Waals surface area contributed by atoms with Gasteiger partial charge in [-0.05, 0) is 78.2 Å². The largest absolute Gasteiger partial charge is 0.493 e. The molecule has 2 N–H and O–H groups in total. The van der Waals surface area contributed by atoms with Gasteiger partial charge in [0.05, 0.1) is 17.8 Å². The molecule has 0 saturated carbocycles. The minimum Gasteiger partial charge on any atom is -0.493 e. The second-order valence-corrected chi connectivity index (χ2v) is 10.9. The molecule has 10 nitrogen and oxygen atoms in total. The summed E-state index contributed by atoms with van der Waals surface area (Å²) < 4.78 is 16.8. The van der Waals surface area contributed by atoms with Gasteiger partial charge in [-0.1, -0.05) is 59.6 Å². The van der Waals surface area contributed by atoms with Crippen LogP contribution in [0.15, 0.2) is 90.5 Å². The maximum absolute atomic E-state index is 13.4. The van der Waals surface area contributed by atoms with Crippen LogP contribution in [0, 0.1) is 6.92 Å². The van der Waals surface area contributed by atoms with E-state index >= 15 is 0 Å². The molecule has 1 aliphatic rings. The standard InChI is InChI=1S/C34H27Cl2N3O7/c1-20-8-9-23(17-27(20)35)37-30(40)19-46-31-28(36)15-22(16-29(31)44-2)14-26-32(41)38-34(43)39(33(26)42)24-10-12-25(13-11-24)45-18-21-6-4-3-5-7-21/h3-17H,18-19H2,1-2H3,(H,37,40)(H,38,41,43)/b26-14-. The first-order valence-corrected chi connectivity index (χ1v) is 14.6. The van der Waals surface area contributed by atoms with Crippen LogP contribution < -0.4 is 29.7 Å². The van der Waals surface area contributed by atoms with Gasteiger partial charge >= 0.3 is 6.03 Å². The van der Waals surface area contributed by atoms with Gasteiger partial charge in [-0.25, -0.2) is 9.69 Å². The summed E-state index contributed by atoms with van der Waals surface area (Å²) in [7, 11) is 1.37. The molecule has 0 bridgehead atoms. The number of halogens is 2. The number of hydrogen-bond donors (Lipinski definition) is 2. The van der Waals surface area contributed by atoms with E-state index in [4.69, 9.17) is 37.4 Å². The lowest BCUT2D eigenvalue weighted by Gasteiger charge is -2.26. The minimum atomic E-state index is -0.893. The molecule has 0 aromatic heterocycles. The highest BCUT2D eigenvalue weighted by molar-refractivity contribution is 6.39. The zero-order valence-corrected chi connectivity index (χ0v) is 26.1. The van der Waals surface area contributed by atoms with E-state index in [1.54, 1.807) is 42.5 Å². The van der Waals surface area contributed by atoms with Crippen LogP contribution in [0.25, 0.3) is 6.08 Å². The lowest BCUT2D eigenvalue weighted by Crippen LogP contribution is -2.54. The number of rotatable bonds is 10. The molecule has 5 amide bonds.